The van der Waals surface area contributed by atoms with Gasteiger partial charge in [-0.3, -0.25) is 4.79 Å². The van der Waals surface area contributed by atoms with Gasteiger partial charge < -0.3 is 19.3 Å². The molecule has 1 saturated heterocycles. The second-order valence-electron chi connectivity index (χ2n) is 6.37. The lowest BCUT2D eigenvalue weighted by Gasteiger charge is -2.23. The van der Waals surface area contributed by atoms with Gasteiger partial charge in [-0.05, 0) is 38.2 Å². The molecule has 1 aliphatic rings. The molecule has 2 atom stereocenters. The molecule has 2 rings (SSSR count). The summed E-state index contributed by atoms with van der Waals surface area (Å²) in [5, 5.41) is 0. The van der Waals surface area contributed by atoms with Gasteiger partial charge in [0, 0.05) is 24.7 Å². The van der Waals surface area contributed by atoms with Crippen molar-refractivity contribution in [3.8, 4) is 11.5 Å². The topological polar surface area (TPSA) is 42.0 Å². The molecule has 0 spiro atoms. The maximum atomic E-state index is 12.9. The van der Waals surface area contributed by atoms with Gasteiger partial charge in [0.05, 0.1) is 7.11 Å². The molecule has 0 aliphatic carbocycles. The van der Waals surface area contributed by atoms with Crippen LogP contribution in [0.5, 0.6) is 11.5 Å². The second kappa shape index (κ2) is 8.20. The number of amides is 1. The monoisotopic (exact) mass is 332 g/mol. The first-order valence-corrected chi connectivity index (χ1v) is 8.39. The van der Waals surface area contributed by atoms with E-state index in [2.05, 4.69) is 32.5 Å². The van der Waals surface area contributed by atoms with Gasteiger partial charge in [0.1, 0.15) is 6.61 Å². The van der Waals surface area contributed by atoms with Crippen LogP contribution in [-0.2, 0) is 0 Å². The number of likely N-dealkylation sites (N-methyl/N-ethyl adjacent to an activating group) is 1. The molecule has 0 bridgehead atoms. The zero-order chi connectivity index (χ0) is 17.7. The van der Waals surface area contributed by atoms with E-state index in [1.807, 2.05) is 4.90 Å². The van der Waals surface area contributed by atoms with E-state index in [1.165, 1.54) is 0 Å². The van der Waals surface area contributed by atoms with Crippen LogP contribution in [0.4, 0.5) is 0 Å². The predicted molar refractivity (Wildman–Crippen MR) is 95.8 cm³/mol. The molecule has 0 saturated carbocycles. The standard InChI is InChI=1S/C19H28N2O3/c1-6-10-24-17-9-8-15(11-18(17)23-5)19(22)21-12-14(7-2)16(13-21)20(3)4/h6,8-9,11,14,16H,1,7,10,12-13H2,2-5H3/t14-,16-/m1/s1. The van der Waals surface area contributed by atoms with Crippen molar-refractivity contribution in [2.45, 2.75) is 19.4 Å². The summed E-state index contributed by atoms with van der Waals surface area (Å²) in [5.41, 5.74) is 0.632. The first-order chi connectivity index (χ1) is 11.5. The number of benzene rings is 1. The van der Waals surface area contributed by atoms with E-state index >= 15 is 0 Å². The predicted octanol–water partition coefficient (Wildman–Crippen LogP) is 2.67. The molecule has 1 fully saturated rings. The highest BCUT2D eigenvalue weighted by Crippen LogP contribution is 2.30. The van der Waals surface area contributed by atoms with Crippen LogP contribution in [0.15, 0.2) is 30.9 Å². The van der Waals surface area contributed by atoms with E-state index in [9.17, 15) is 4.79 Å². The first-order valence-electron chi connectivity index (χ1n) is 8.39. The Kier molecular flexibility index (Phi) is 6.26. The van der Waals surface area contributed by atoms with Crippen molar-refractivity contribution in [3.63, 3.8) is 0 Å². The van der Waals surface area contributed by atoms with Crippen molar-refractivity contribution in [2.24, 2.45) is 5.92 Å². The third kappa shape index (κ3) is 3.90. The summed E-state index contributed by atoms with van der Waals surface area (Å²) in [6.45, 7) is 7.79. The van der Waals surface area contributed by atoms with Crippen LogP contribution in [0.1, 0.15) is 23.7 Å². The molecule has 5 nitrogen and oxygen atoms in total. The number of hydrogen-bond acceptors (Lipinski definition) is 4. The fourth-order valence-electron chi connectivity index (χ4n) is 3.26. The quantitative estimate of drug-likeness (QED) is 0.720. The number of methoxy groups -OCH3 is 1. The second-order valence-corrected chi connectivity index (χ2v) is 6.37. The van der Waals surface area contributed by atoms with E-state index in [0.29, 0.717) is 35.6 Å². The Morgan fingerprint density at radius 3 is 2.67 bits per heavy atom. The van der Waals surface area contributed by atoms with Crippen LogP contribution in [0.25, 0.3) is 0 Å². The number of nitrogens with zero attached hydrogens (tertiary/aromatic N) is 2. The van der Waals surface area contributed by atoms with Crippen LogP contribution >= 0.6 is 0 Å². The molecule has 1 aromatic carbocycles. The highest BCUT2D eigenvalue weighted by atomic mass is 16.5. The average Bonchev–Trinajstić information content (AvgIpc) is 3.03. The van der Waals surface area contributed by atoms with Crippen molar-refractivity contribution in [1.82, 2.24) is 9.80 Å². The summed E-state index contributed by atoms with van der Waals surface area (Å²) in [4.78, 5) is 17.0. The summed E-state index contributed by atoms with van der Waals surface area (Å²) in [5.74, 6) is 1.75. The molecule has 0 radical (unpaired) electrons. The molecular weight excluding hydrogens is 304 g/mol. The number of carbonyl (C=O) groups is 1. The number of likely N-dealkylation sites (tertiary alicyclic amines) is 1. The summed E-state index contributed by atoms with van der Waals surface area (Å²) >= 11 is 0. The minimum atomic E-state index is 0.0476. The molecule has 5 heteroatoms. The zero-order valence-corrected chi connectivity index (χ0v) is 15.1. The van der Waals surface area contributed by atoms with Crippen LogP contribution in [0, 0.1) is 5.92 Å². The van der Waals surface area contributed by atoms with Gasteiger partial charge in [-0.2, -0.15) is 0 Å². The molecule has 0 aromatic heterocycles. The Bertz CT molecular complexity index is 586. The van der Waals surface area contributed by atoms with E-state index in [1.54, 1.807) is 31.4 Å². The molecule has 0 unspecified atom stereocenters. The van der Waals surface area contributed by atoms with E-state index in [4.69, 9.17) is 9.47 Å². The number of carbonyl (C=O) groups excluding carboxylic acids is 1. The third-order valence-corrected chi connectivity index (χ3v) is 4.65. The van der Waals surface area contributed by atoms with Gasteiger partial charge in [0.25, 0.3) is 5.91 Å². The van der Waals surface area contributed by atoms with Crippen LogP contribution in [-0.4, -0.2) is 62.7 Å². The van der Waals surface area contributed by atoms with Gasteiger partial charge in [0.15, 0.2) is 11.5 Å². The highest BCUT2D eigenvalue weighted by Gasteiger charge is 2.35. The molecular formula is C19H28N2O3. The summed E-state index contributed by atoms with van der Waals surface area (Å²) in [6.07, 6.45) is 2.75. The lowest BCUT2D eigenvalue weighted by Crippen LogP contribution is -2.36. The molecule has 1 heterocycles. The van der Waals surface area contributed by atoms with E-state index in [-0.39, 0.29) is 5.91 Å². The molecule has 24 heavy (non-hydrogen) atoms. The van der Waals surface area contributed by atoms with E-state index in [0.717, 1.165) is 19.5 Å². The molecule has 1 amide bonds. The van der Waals surface area contributed by atoms with Gasteiger partial charge in [-0.1, -0.05) is 26.0 Å². The fraction of sp³-hybridized carbons (Fsp3) is 0.526. The van der Waals surface area contributed by atoms with Crippen molar-refractivity contribution in [1.29, 1.82) is 0 Å². The van der Waals surface area contributed by atoms with Crippen LogP contribution < -0.4 is 9.47 Å². The third-order valence-electron chi connectivity index (χ3n) is 4.65. The lowest BCUT2D eigenvalue weighted by molar-refractivity contribution is 0.0780. The number of ether oxygens (including phenoxy) is 2. The smallest absolute Gasteiger partial charge is 0.254 e. The Balaban J connectivity index is 2.16. The molecule has 132 valence electrons. The summed E-state index contributed by atoms with van der Waals surface area (Å²) in [7, 11) is 5.74. The van der Waals surface area contributed by atoms with Crippen molar-refractivity contribution >= 4 is 5.91 Å². The van der Waals surface area contributed by atoms with Gasteiger partial charge in [0.2, 0.25) is 0 Å². The Hall–Kier alpha value is -2.01. The number of hydrogen-bond donors (Lipinski definition) is 0. The van der Waals surface area contributed by atoms with E-state index < -0.39 is 0 Å². The number of rotatable bonds is 7. The minimum absolute atomic E-state index is 0.0476. The van der Waals surface area contributed by atoms with Crippen molar-refractivity contribution < 1.29 is 14.3 Å². The van der Waals surface area contributed by atoms with Crippen molar-refractivity contribution in [2.75, 3.05) is 40.9 Å². The molecule has 0 N–H and O–H groups in total. The maximum absolute atomic E-state index is 12.9. The zero-order valence-electron chi connectivity index (χ0n) is 15.1. The highest BCUT2D eigenvalue weighted by molar-refractivity contribution is 5.95. The summed E-state index contributed by atoms with van der Waals surface area (Å²) < 4.78 is 10.9. The Morgan fingerprint density at radius 2 is 2.12 bits per heavy atom. The van der Waals surface area contributed by atoms with Gasteiger partial charge in [-0.25, -0.2) is 0 Å². The molecule has 1 aromatic rings. The largest absolute Gasteiger partial charge is 0.493 e. The molecule has 1 aliphatic heterocycles. The average molecular weight is 332 g/mol. The van der Waals surface area contributed by atoms with Gasteiger partial charge in [-0.15, -0.1) is 0 Å². The van der Waals surface area contributed by atoms with Crippen LogP contribution in [0.3, 0.4) is 0 Å². The normalized spacial score (nSPS) is 20.3. The SMILES string of the molecule is C=CCOc1ccc(C(=O)N2C[C@@H](CC)[C@H](N(C)C)C2)cc1OC. The summed E-state index contributed by atoms with van der Waals surface area (Å²) in [6, 6.07) is 5.75. The fourth-order valence-corrected chi connectivity index (χ4v) is 3.26. The van der Waals surface area contributed by atoms with Crippen molar-refractivity contribution in [3.05, 3.63) is 36.4 Å². The minimum Gasteiger partial charge on any atom is -0.493 e. The van der Waals surface area contributed by atoms with Crippen LogP contribution in [0.2, 0.25) is 0 Å². The Labute approximate surface area is 144 Å². The Morgan fingerprint density at radius 1 is 1.38 bits per heavy atom. The first kappa shape index (κ1) is 18.3. The lowest BCUT2D eigenvalue weighted by atomic mass is 10.0. The van der Waals surface area contributed by atoms with Gasteiger partial charge >= 0.3 is 0 Å². The maximum Gasteiger partial charge on any atom is 0.254 e.